The van der Waals surface area contributed by atoms with Crippen LogP contribution in [-0.2, 0) is 0 Å². The van der Waals surface area contributed by atoms with E-state index in [1.165, 1.54) is 0 Å². The molecule has 84 valence electrons. The predicted octanol–water partition coefficient (Wildman–Crippen LogP) is 2.77. The van der Waals surface area contributed by atoms with Crippen LogP contribution in [0.3, 0.4) is 0 Å². The lowest BCUT2D eigenvalue weighted by Gasteiger charge is -2.12. The van der Waals surface area contributed by atoms with Crippen LogP contribution in [0.15, 0.2) is 30.0 Å². The number of hydrogen-bond donors (Lipinski definition) is 1. The van der Waals surface area contributed by atoms with Gasteiger partial charge in [0.1, 0.15) is 0 Å². The van der Waals surface area contributed by atoms with Gasteiger partial charge in [-0.3, -0.25) is 4.79 Å². The molecule has 4 heteroatoms. The molecule has 1 aromatic carbocycles. The largest absolute Gasteiger partial charge is 0.402 e. The van der Waals surface area contributed by atoms with Crippen LogP contribution >= 0.6 is 11.6 Å². The molecule has 3 rings (SSSR count). The fourth-order valence-corrected chi connectivity index (χ4v) is 2.16. The standard InChI is InChI=1S/C13H9ClN2O/c14-8-2-1-7-3-10-12(16-11(7)4-8)5-9(15)6-13(10)17/h1-5H,6,15H2. The summed E-state index contributed by atoms with van der Waals surface area (Å²) in [5.41, 5.74) is 8.28. The molecule has 17 heavy (non-hydrogen) atoms. The summed E-state index contributed by atoms with van der Waals surface area (Å²) in [5, 5.41) is 1.54. The van der Waals surface area contributed by atoms with Gasteiger partial charge >= 0.3 is 0 Å². The maximum absolute atomic E-state index is 11.8. The molecule has 0 bridgehead atoms. The zero-order chi connectivity index (χ0) is 12.0. The Kier molecular flexibility index (Phi) is 2.16. The normalized spacial score (nSPS) is 14.6. The van der Waals surface area contributed by atoms with E-state index < -0.39 is 0 Å². The van der Waals surface area contributed by atoms with Crippen LogP contribution in [-0.4, -0.2) is 10.8 Å². The number of halogens is 1. The summed E-state index contributed by atoms with van der Waals surface area (Å²) in [5.74, 6) is 0.0179. The molecule has 0 amide bonds. The molecule has 0 saturated carbocycles. The van der Waals surface area contributed by atoms with Crippen molar-refractivity contribution in [1.29, 1.82) is 0 Å². The average molecular weight is 245 g/mol. The number of aromatic nitrogens is 1. The van der Waals surface area contributed by atoms with E-state index in [0.29, 0.717) is 22.0 Å². The van der Waals surface area contributed by atoms with Crippen LogP contribution < -0.4 is 5.73 Å². The van der Waals surface area contributed by atoms with Crippen molar-refractivity contribution in [3.8, 4) is 0 Å². The van der Waals surface area contributed by atoms with Gasteiger partial charge in [0, 0.05) is 21.7 Å². The van der Waals surface area contributed by atoms with E-state index in [-0.39, 0.29) is 12.2 Å². The van der Waals surface area contributed by atoms with Crippen molar-refractivity contribution in [1.82, 2.24) is 4.98 Å². The van der Waals surface area contributed by atoms with Crippen LogP contribution in [0.1, 0.15) is 22.5 Å². The highest BCUT2D eigenvalue weighted by Gasteiger charge is 2.18. The molecule has 0 spiro atoms. The van der Waals surface area contributed by atoms with Gasteiger partial charge in [0.25, 0.3) is 0 Å². The smallest absolute Gasteiger partial charge is 0.170 e. The van der Waals surface area contributed by atoms with E-state index in [9.17, 15) is 4.79 Å². The second kappa shape index (κ2) is 3.57. The molecule has 0 saturated heterocycles. The summed E-state index contributed by atoms with van der Waals surface area (Å²) < 4.78 is 0. The molecule has 2 N–H and O–H groups in total. The molecule has 0 unspecified atom stereocenters. The number of carbonyl (C=O) groups is 1. The Morgan fingerprint density at radius 3 is 2.94 bits per heavy atom. The van der Waals surface area contributed by atoms with Crippen molar-refractivity contribution in [3.05, 3.63) is 46.2 Å². The van der Waals surface area contributed by atoms with Crippen LogP contribution in [0.2, 0.25) is 5.02 Å². The summed E-state index contributed by atoms with van der Waals surface area (Å²) in [7, 11) is 0. The molecule has 3 nitrogen and oxygen atoms in total. The molecule has 0 fully saturated rings. The minimum atomic E-state index is 0.0179. The van der Waals surface area contributed by atoms with Crippen molar-refractivity contribution in [2.24, 2.45) is 5.73 Å². The first-order valence-corrected chi connectivity index (χ1v) is 5.61. The van der Waals surface area contributed by atoms with Crippen LogP contribution in [0.5, 0.6) is 0 Å². The molecule has 1 aliphatic rings. The van der Waals surface area contributed by atoms with Gasteiger partial charge in [-0.25, -0.2) is 4.98 Å². The number of rotatable bonds is 0. The first kappa shape index (κ1) is 10.3. The summed E-state index contributed by atoms with van der Waals surface area (Å²) in [6.45, 7) is 0. The molecule has 1 heterocycles. The van der Waals surface area contributed by atoms with Gasteiger partial charge < -0.3 is 5.73 Å². The first-order valence-electron chi connectivity index (χ1n) is 5.23. The molecule has 0 atom stereocenters. The Bertz CT molecular complexity index is 676. The van der Waals surface area contributed by atoms with E-state index in [2.05, 4.69) is 4.98 Å². The first-order chi connectivity index (χ1) is 8.13. The van der Waals surface area contributed by atoms with Crippen molar-refractivity contribution >= 4 is 34.4 Å². The molecule has 1 aromatic heterocycles. The maximum atomic E-state index is 11.8. The number of benzene rings is 1. The summed E-state index contributed by atoms with van der Waals surface area (Å²) in [4.78, 5) is 16.2. The molecule has 0 radical (unpaired) electrons. The third-order valence-electron chi connectivity index (χ3n) is 2.80. The lowest BCUT2D eigenvalue weighted by molar-refractivity contribution is 0.0991. The highest BCUT2D eigenvalue weighted by atomic mass is 35.5. The second-order valence-corrected chi connectivity index (χ2v) is 4.51. The zero-order valence-corrected chi connectivity index (χ0v) is 9.66. The van der Waals surface area contributed by atoms with Gasteiger partial charge in [0.2, 0.25) is 0 Å². The quantitative estimate of drug-likeness (QED) is 0.775. The van der Waals surface area contributed by atoms with Crippen LogP contribution in [0.4, 0.5) is 0 Å². The van der Waals surface area contributed by atoms with Gasteiger partial charge in [0.05, 0.1) is 17.6 Å². The van der Waals surface area contributed by atoms with Crippen molar-refractivity contribution in [3.63, 3.8) is 0 Å². The fourth-order valence-electron chi connectivity index (χ4n) is 2.00. The molecule has 1 aliphatic carbocycles. The van der Waals surface area contributed by atoms with Crippen molar-refractivity contribution in [2.75, 3.05) is 0 Å². The minimum Gasteiger partial charge on any atom is -0.402 e. The Balaban J connectivity index is 2.34. The molecular formula is C13H9ClN2O. The summed E-state index contributed by atoms with van der Waals surface area (Å²) >= 11 is 5.91. The van der Waals surface area contributed by atoms with E-state index >= 15 is 0 Å². The number of Topliss-reactive ketones (excluding diaryl/α,β-unsaturated/α-hetero) is 1. The van der Waals surface area contributed by atoms with E-state index in [1.54, 1.807) is 18.2 Å². The number of carbonyl (C=O) groups excluding carboxylic acids is 1. The highest BCUT2D eigenvalue weighted by molar-refractivity contribution is 6.31. The van der Waals surface area contributed by atoms with E-state index in [1.807, 2.05) is 12.1 Å². The van der Waals surface area contributed by atoms with Gasteiger partial charge in [-0.2, -0.15) is 0 Å². The summed E-state index contributed by atoms with van der Waals surface area (Å²) in [6, 6.07) is 7.27. The zero-order valence-electron chi connectivity index (χ0n) is 8.90. The number of nitrogens with two attached hydrogens (primary N) is 1. The monoisotopic (exact) mass is 244 g/mol. The number of ketones is 1. The van der Waals surface area contributed by atoms with Crippen LogP contribution in [0.25, 0.3) is 17.0 Å². The Morgan fingerprint density at radius 2 is 2.12 bits per heavy atom. The SMILES string of the molecule is NC1=Cc2nc3cc(Cl)ccc3cc2C(=O)C1. The number of allylic oxidation sites excluding steroid dienone is 1. The molecule has 2 aromatic rings. The minimum absolute atomic E-state index is 0.0179. The Labute approximate surface area is 103 Å². The number of nitrogens with zero attached hydrogens (tertiary/aromatic N) is 1. The predicted molar refractivity (Wildman–Crippen MR) is 67.9 cm³/mol. The maximum Gasteiger partial charge on any atom is 0.170 e. The highest BCUT2D eigenvalue weighted by Crippen LogP contribution is 2.25. The third-order valence-corrected chi connectivity index (χ3v) is 3.03. The average Bonchev–Trinajstić information content (AvgIpc) is 2.26. The van der Waals surface area contributed by atoms with Gasteiger partial charge in [-0.05, 0) is 24.3 Å². The third kappa shape index (κ3) is 1.68. The van der Waals surface area contributed by atoms with Crippen molar-refractivity contribution in [2.45, 2.75) is 6.42 Å². The van der Waals surface area contributed by atoms with Gasteiger partial charge in [0.15, 0.2) is 5.78 Å². The van der Waals surface area contributed by atoms with E-state index in [4.69, 9.17) is 17.3 Å². The van der Waals surface area contributed by atoms with E-state index in [0.717, 1.165) is 10.9 Å². The Morgan fingerprint density at radius 1 is 1.29 bits per heavy atom. The number of pyridine rings is 1. The summed E-state index contributed by atoms with van der Waals surface area (Å²) in [6.07, 6.45) is 2.02. The number of fused-ring (bicyclic) bond motifs is 2. The van der Waals surface area contributed by atoms with Gasteiger partial charge in [-0.15, -0.1) is 0 Å². The fraction of sp³-hybridized carbons (Fsp3) is 0.0769. The van der Waals surface area contributed by atoms with Crippen molar-refractivity contribution < 1.29 is 4.79 Å². The molecular weight excluding hydrogens is 236 g/mol. The lowest BCUT2D eigenvalue weighted by atomic mass is 9.97. The van der Waals surface area contributed by atoms with Gasteiger partial charge in [-0.1, -0.05) is 17.7 Å². The van der Waals surface area contributed by atoms with Crippen LogP contribution in [0, 0.1) is 0 Å². The molecule has 0 aliphatic heterocycles. The lowest BCUT2D eigenvalue weighted by Crippen LogP contribution is -2.14. The second-order valence-electron chi connectivity index (χ2n) is 4.08. The topological polar surface area (TPSA) is 56.0 Å². The number of hydrogen-bond acceptors (Lipinski definition) is 3. The Hall–Kier alpha value is -1.87.